The molecule has 0 fully saturated rings. The lowest BCUT2D eigenvalue weighted by molar-refractivity contribution is -0.136. The highest BCUT2D eigenvalue weighted by Gasteiger charge is 2.11. The van der Waals surface area contributed by atoms with E-state index in [0.717, 1.165) is 13.0 Å². The van der Waals surface area contributed by atoms with Crippen LogP contribution in [-0.4, -0.2) is 48.7 Å². The standard InChI is InChI=1S/C15H23N3O3/c1-11(8-9-18(2)3)16-15(21)17-13-7-5-4-6-12(13)10-14(19)20/h4-7,11H,8-10H2,1-3H3,(H,19,20)(H2,16,17,21). The molecule has 0 aliphatic carbocycles. The number of anilines is 1. The molecule has 0 aliphatic heterocycles. The smallest absolute Gasteiger partial charge is 0.319 e. The second kappa shape index (κ2) is 8.26. The molecule has 2 amide bonds. The molecule has 1 unspecified atom stereocenters. The average Bonchev–Trinajstić information content (AvgIpc) is 2.38. The summed E-state index contributed by atoms with van der Waals surface area (Å²) < 4.78 is 0. The summed E-state index contributed by atoms with van der Waals surface area (Å²) in [7, 11) is 3.96. The number of nitrogens with one attached hydrogen (secondary N) is 2. The van der Waals surface area contributed by atoms with Crippen molar-refractivity contribution in [2.45, 2.75) is 25.8 Å². The number of benzene rings is 1. The van der Waals surface area contributed by atoms with Crippen LogP contribution < -0.4 is 10.6 Å². The molecule has 0 heterocycles. The van der Waals surface area contributed by atoms with Gasteiger partial charge >= 0.3 is 12.0 Å². The number of hydrogen-bond donors (Lipinski definition) is 3. The molecular weight excluding hydrogens is 270 g/mol. The SMILES string of the molecule is CC(CCN(C)C)NC(=O)Nc1ccccc1CC(=O)O. The molecule has 116 valence electrons. The second-order valence-corrected chi connectivity index (χ2v) is 5.32. The third-order valence-corrected chi connectivity index (χ3v) is 2.99. The minimum atomic E-state index is -0.927. The average molecular weight is 293 g/mol. The fourth-order valence-corrected chi connectivity index (χ4v) is 1.87. The summed E-state index contributed by atoms with van der Waals surface area (Å²) in [6, 6.07) is 6.62. The second-order valence-electron chi connectivity index (χ2n) is 5.32. The molecule has 1 atom stereocenters. The number of aliphatic carboxylic acids is 1. The summed E-state index contributed by atoms with van der Waals surface area (Å²) in [4.78, 5) is 24.8. The topological polar surface area (TPSA) is 81.7 Å². The fraction of sp³-hybridized carbons (Fsp3) is 0.467. The highest BCUT2D eigenvalue weighted by molar-refractivity contribution is 5.91. The number of carbonyl (C=O) groups excluding carboxylic acids is 1. The Morgan fingerprint density at radius 1 is 1.29 bits per heavy atom. The molecule has 1 rings (SSSR count). The van der Waals surface area contributed by atoms with E-state index in [1.54, 1.807) is 24.3 Å². The van der Waals surface area contributed by atoms with Gasteiger partial charge in [-0.2, -0.15) is 0 Å². The van der Waals surface area contributed by atoms with Crippen LogP contribution in [0.3, 0.4) is 0 Å². The Kier molecular flexibility index (Phi) is 6.68. The van der Waals surface area contributed by atoms with Crippen LogP contribution in [0.4, 0.5) is 10.5 Å². The van der Waals surface area contributed by atoms with Crippen LogP contribution in [0.15, 0.2) is 24.3 Å². The van der Waals surface area contributed by atoms with E-state index in [-0.39, 0.29) is 18.5 Å². The summed E-state index contributed by atoms with van der Waals surface area (Å²) in [6.07, 6.45) is 0.726. The minimum Gasteiger partial charge on any atom is -0.481 e. The van der Waals surface area contributed by atoms with Crippen molar-refractivity contribution in [1.82, 2.24) is 10.2 Å². The largest absolute Gasteiger partial charge is 0.481 e. The van der Waals surface area contributed by atoms with E-state index in [2.05, 4.69) is 15.5 Å². The normalized spacial score (nSPS) is 12.0. The Labute approximate surface area is 125 Å². The summed E-state index contributed by atoms with van der Waals surface area (Å²) in [6.45, 7) is 2.82. The molecular formula is C15H23N3O3. The van der Waals surface area contributed by atoms with Crippen molar-refractivity contribution >= 4 is 17.7 Å². The number of nitrogens with zero attached hydrogens (tertiary/aromatic N) is 1. The van der Waals surface area contributed by atoms with Crippen LogP contribution in [0, 0.1) is 0 Å². The first-order chi connectivity index (χ1) is 9.88. The van der Waals surface area contributed by atoms with Gasteiger partial charge in [-0.1, -0.05) is 18.2 Å². The third-order valence-electron chi connectivity index (χ3n) is 2.99. The van der Waals surface area contributed by atoms with Crippen molar-refractivity contribution in [3.63, 3.8) is 0 Å². The molecule has 0 spiro atoms. The van der Waals surface area contributed by atoms with Crippen LogP contribution in [0.25, 0.3) is 0 Å². The van der Waals surface area contributed by atoms with Crippen LogP contribution in [0.5, 0.6) is 0 Å². The van der Waals surface area contributed by atoms with Gasteiger partial charge in [-0.15, -0.1) is 0 Å². The molecule has 0 aliphatic rings. The lowest BCUT2D eigenvalue weighted by Crippen LogP contribution is -2.37. The van der Waals surface area contributed by atoms with Crippen molar-refractivity contribution < 1.29 is 14.7 Å². The van der Waals surface area contributed by atoms with E-state index in [9.17, 15) is 9.59 Å². The van der Waals surface area contributed by atoms with Gasteiger partial charge in [0, 0.05) is 11.7 Å². The predicted octanol–water partition coefficient (Wildman–Crippen LogP) is 1.78. The number of carboxylic acid groups (broad SMARTS) is 1. The first-order valence-corrected chi connectivity index (χ1v) is 6.90. The number of para-hydroxylation sites is 1. The maximum atomic E-state index is 11.9. The van der Waals surface area contributed by atoms with E-state index >= 15 is 0 Å². The third kappa shape index (κ3) is 6.76. The maximum Gasteiger partial charge on any atom is 0.319 e. The zero-order valence-electron chi connectivity index (χ0n) is 12.7. The van der Waals surface area contributed by atoms with Crippen molar-refractivity contribution in [3.05, 3.63) is 29.8 Å². The van der Waals surface area contributed by atoms with E-state index in [0.29, 0.717) is 11.3 Å². The van der Waals surface area contributed by atoms with Gasteiger partial charge in [0.2, 0.25) is 0 Å². The molecule has 0 aromatic heterocycles. The van der Waals surface area contributed by atoms with Crippen molar-refractivity contribution in [3.8, 4) is 0 Å². The zero-order chi connectivity index (χ0) is 15.8. The summed E-state index contributed by atoms with van der Waals surface area (Å²) in [5, 5.41) is 14.4. The van der Waals surface area contributed by atoms with Gasteiger partial charge in [-0.25, -0.2) is 4.79 Å². The molecule has 6 nitrogen and oxygen atoms in total. The zero-order valence-corrected chi connectivity index (χ0v) is 12.7. The number of rotatable bonds is 7. The molecule has 0 saturated carbocycles. The predicted molar refractivity (Wildman–Crippen MR) is 82.6 cm³/mol. The van der Waals surface area contributed by atoms with Crippen molar-refractivity contribution in [1.29, 1.82) is 0 Å². The van der Waals surface area contributed by atoms with Gasteiger partial charge in [0.25, 0.3) is 0 Å². The van der Waals surface area contributed by atoms with Gasteiger partial charge in [0.15, 0.2) is 0 Å². The maximum absolute atomic E-state index is 11.9. The molecule has 1 aromatic rings. The Morgan fingerprint density at radius 2 is 1.95 bits per heavy atom. The van der Waals surface area contributed by atoms with Crippen LogP contribution in [-0.2, 0) is 11.2 Å². The molecule has 21 heavy (non-hydrogen) atoms. The van der Waals surface area contributed by atoms with Gasteiger partial charge < -0.3 is 20.6 Å². The highest BCUT2D eigenvalue weighted by Crippen LogP contribution is 2.15. The van der Waals surface area contributed by atoms with Gasteiger partial charge in [-0.05, 0) is 45.6 Å². The number of amides is 2. The molecule has 6 heteroatoms. The molecule has 1 aromatic carbocycles. The van der Waals surface area contributed by atoms with Crippen LogP contribution >= 0.6 is 0 Å². The summed E-state index contributed by atoms with van der Waals surface area (Å²) in [5.74, 6) is -0.927. The van der Waals surface area contributed by atoms with Crippen molar-refractivity contribution in [2.75, 3.05) is 26.0 Å². The van der Waals surface area contributed by atoms with E-state index in [1.807, 2.05) is 21.0 Å². The lowest BCUT2D eigenvalue weighted by atomic mass is 10.1. The van der Waals surface area contributed by atoms with E-state index in [4.69, 9.17) is 5.11 Å². The molecule has 0 radical (unpaired) electrons. The Bertz CT molecular complexity index is 489. The van der Waals surface area contributed by atoms with Crippen LogP contribution in [0.1, 0.15) is 18.9 Å². The lowest BCUT2D eigenvalue weighted by Gasteiger charge is -2.17. The molecule has 0 bridgehead atoms. The Balaban J connectivity index is 2.56. The van der Waals surface area contributed by atoms with Gasteiger partial charge in [0.1, 0.15) is 0 Å². The minimum absolute atomic E-state index is 0.0408. The molecule has 0 saturated heterocycles. The first-order valence-electron chi connectivity index (χ1n) is 6.90. The monoisotopic (exact) mass is 293 g/mol. The van der Waals surface area contributed by atoms with Crippen molar-refractivity contribution in [2.24, 2.45) is 0 Å². The molecule has 3 N–H and O–H groups in total. The first kappa shape index (κ1) is 17.0. The fourth-order valence-electron chi connectivity index (χ4n) is 1.87. The summed E-state index contributed by atoms with van der Waals surface area (Å²) >= 11 is 0. The number of carboxylic acids is 1. The highest BCUT2D eigenvalue weighted by atomic mass is 16.4. The van der Waals surface area contributed by atoms with Crippen LogP contribution in [0.2, 0.25) is 0 Å². The van der Waals surface area contributed by atoms with Gasteiger partial charge in [-0.3, -0.25) is 4.79 Å². The Morgan fingerprint density at radius 3 is 2.57 bits per heavy atom. The van der Waals surface area contributed by atoms with Gasteiger partial charge in [0.05, 0.1) is 6.42 Å². The number of hydrogen-bond acceptors (Lipinski definition) is 3. The number of urea groups is 1. The quantitative estimate of drug-likeness (QED) is 0.715. The Hall–Kier alpha value is -2.08. The summed E-state index contributed by atoms with van der Waals surface area (Å²) in [5.41, 5.74) is 1.11. The number of carbonyl (C=O) groups is 2. The van der Waals surface area contributed by atoms with E-state index in [1.165, 1.54) is 0 Å². The van der Waals surface area contributed by atoms with E-state index < -0.39 is 5.97 Å².